The standard InChI is InChI=1S/C10H11NOS/c1-3-6-11(2)10(12)8-9-5-4-7-13-9/h1,4-5,7H,6,8H2,2H3. The van der Waals surface area contributed by atoms with E-state index in [-0.39, 0.29) is 5.91 Å². The van der Waals surface area contributed by atoms with Crippen LogP contribution in [0.25, 0.3) is 0 Å². The molecule has 0 aliphatic rings. The van der Waals surface area contributed by atoms with Crippen LogP contribution < -0.4 is 0 Å². The lowest BCUT2D eigenvalue weighted by molar-refractivity contribution is -0.128. The van der Waals surface area contributed by atoms with E-state index in [0.717, 1.165) is 4.88 Å². The number of terminal acetylenes is 1. The van der Waals surface area contributed by atoms with Crippen molar-refractivity contribution in [2.45, 2.75) is 6.42 Å². The van der Waals surface area contributed by atoms with E-state index in [1.165, 1.54) is 0 Å². The summed E-state index contributed by atoms with van der Waals surface area (Å²) in [7, 11) is 1.72. The SMILES string of the molecule is C#CCN(C)C(=O)Cc1cccs1. The highest BCUT2D eigenvalue weighted by atomic mass is 32.1. The highest BCUT2D eigenvalue weighted by Crippen LogP contribution is 2.09. The first-order valence-electron chi connectivity index (χ1n) is 3.94. The normalized spacial score (nSPS) is 9.23. The van der Waals surface area contributed by atoms with E-state index >= 15 is 0 Å². The van der Waals surface area contributed by atoms with Crippen molar-refractivity contribution < 1.29 is 4.79 Å². The fraction of sp³-hybridized carbons (Fsp3) is 0.300. The first-order chi connectivity index (χ1) is 6.24. The van der Waals surface area contributed by atoms with Crippen LogP contribution in [-0.2, 0) is 11.2 Å². The molecule has 0 aliphatic carbocycles. The van der Waals surface area contributed by atoms with Crippen LogP contribution in [0.5, 0.6) is 0 Å². The number of carbonyl (C=O) groups is 1. The molecule has 13 heavy (non-hydrogen) atoms. The summed E-state index contributed by atoms with van der Waals surface area (Å²) in [5.41, 5.74) is 0. The van der Waals surface area contributed by atoms with Gasteiger partial charge in [-0.1, -0.05) is 12.0 Å². The molecule has 0 spiro atoms. The van der Waals surface area contributed by atoms with Gasteiger partial charge < -0.3 is 4.90 Å². The van der Waals surface area contributed by atoms with Crippen LogP contribution in [0.4, 0.5) is 0 Å². The molecule has 1 aromatic heterocycles. The van der Waals surface area contributed by atoms with Crippen LogP contribution in [0.15, 0.2) is 17.5 Å². The molecule has 0 fully saturated rings. The minimum Gasteiger partial charge on any atom is -0.334 e. The highest BCUT2D eigenvalue weighted by molar-refractivity contribution is 7.10. The van der Waals surface area contributed by atoms with Crippen molar-refractivity contribution in [2.24, 2.45) is 0 Å². The van der Waals surface area contributed by atoms with Gasteiger partial charge in [0.15, 0.2) is 0 Å². The van der Waals surface area contributed by atoms with Gasteiger partial charge in [0.25, 0.3) is 0 Å². The van der Waals surface area contributed by atoms with Gasteiger partial charge in [0.05, 0.1) is 13.0 Å². The highest BCUT2D eigenvalue weighted by Gasteiger charge is 2.08. The molecule has 1 amide bonds. The molecular formula is C10H11NOS. The molecule has 0 radical (unpaired) electrons. The molecule has 0 aromatic carbocycles. The number of amides is 1. The molecule has 2 nitrogen and oxygen atoms in total. The molecule has 0 saturated carbocycles. The Bertz CT molecular complexity index is 310. The Kier molecular flexibility index (Phi) is 3.53. The summed E-state index contributed by atoms with van der Waals surface area (Å²) in [6.45, 7) is 0.379. The van der Waals surface area contributed by atoms with Crippen molar-refractivity contribution in [1.82, 2.24) is 4.90 Å². The van der Waals surface area contributed by atoms with Crippen LogP contribution in [0.2, 0.25) is 0 Å². The minimum atomic E-state index is 0.0698. The third-order valence-electron chi connectivity index (χ3n) is 1.66. The summed E-state index contributed by atoms with van der Waals surface area (Å²) in [5.74, 6) is 2.51. The van der Waals surface area contributed by atoms with E-state index in [0.29, 0.717) is 13.0 Å². The summed E-state index contributed by atoms with van der Waals surface area (Å²) in [6, 6.07) is 3.89. The number of thiophene rings is 1. The van der Waals surface area contributed by atoms with Gasteiger partial charge in [0, 0.05) is 11.9 Å². The number of hydrogen-bond acceptors (Lipinski definition) is 2. The Balaban J connectivity index is 2.47. The summed E-state index contributed by atoms with van der Waals surface area (Å²) in [5, 5.41) is 1.96. The minimum absolute atomic E-state index is 0.0698. The lowest BCUT2D eigenvalue weighted by atomic mass is 10.3. The molecule has 0 aliphatic heterocycles. The van der Waals surface area contributed by atoms with Crippen molar-refractivity contribution in [3.05, 3.63) is 22.4 Å². The Morgan fingerprint density at radius 2 is 2.54 bits per heavy atom. The quantitative estimate of drug-likeness (QED) is 0.664. The monoisotopic (exact) mass is 193 g/mol. The largest absolute Gasteiger partial charge is 0.334 e. The maximum atomic E-state index is 11.4. The van der Waals surface area contributed by atoms with Crippen LogP contribution in [0.3, 0.4) is 0 Å². The zero-order valence-corrected chi connectivity index (χ0v) is 8.30. The Morgan fingerprint density at radius 3 is 3.08 bits per heavy atom. The molecule has 1 heterocycles. The summed E-state index contributed by atoms with van der Waals surface area (Å²) < 4.78 is 0. The van der Waals surface area contributed by atoms with E-state index in [9.17, 15) is 4.79 Å². The molecule has 68 valence electrons. The lowest BCUT2D eigenvalue weighted by Crippen LogP contribution is -2.28. The predicted molar refractivity (Wildman–Crippen MR) is 54.5 cm³/mol. The van der Waals surface area contributed by atoms with Gasteiger partial charge in [-0.25, -0.2) is 0 Å². The molecule has 1 aromatic rings. The number of nitrogens with zero attached hydrogens (tertiary/aromatic N) is 1. The lowest BCUT2D eigenvalue weighted by Gasteiger charge is -2.12. The fourth-order valence-corrected chi connectivity index (χ4v) is 1.62. The zero-order chi connectivity index (χ0) is 9.68. The molecule has 1 rings (SSSR count). The second kappa shape index (κ2) is 4.68. The third kappa shape index (κ3) is 2.92. The number of hydrogen-bond donors (Lipinski definition) is 0. The van der Waals surface area contributed by atoms with Crippen LogP contribution >= 0.6 is 11.3 Å². The average Bonchev–Trinajstić information content (AvgIpc) is 2.57. The first-order valence-corrected chi connectivity index (χ1v) is 4.82. The van der Waals surface area contributed by atoms with Gasteiger partial charge in [-0.05, 0) is 11.4 Å². The van der Waals surface area contributed by atoms with E-state index < -0.39 is 0 Å². The predicted octanol–water partition coefficient (Wildman–Crippen LogP) is 1.38. The van der Waals surface area contributed by atoms with Crippen LogP contribution in [0, 0.1) is 12.3 Å². The van der Waals surface area contributed by atoms with Gasteiger partial charge in [-0.2, -0.15) is 0 Å². The first kappa shape index (κ1) is 9.82. The summed E-state index contributed by atoms with van der Waals surface area (Å²) in [6.07, 6.45) is 5.55. The third-order valence-corrected chi connectivity index (χ3v) is 2.54. The van der Waals surface area contributed by atoms with Crippen molar-refractivity contribution in [3.8, 4) is 12.3 Å². The van der Waals surface area contributed by atoms with Crippen molar-refractivity contribution in [1.29, 1.82) is 0 Å². The van der Waals surface area contributed by atoms with E-state index in [1.807, 2.05) is 17.5 Å². The number of carbonyl (C=O) groups excluding carboxylic acids is 1. The second-order valence-electron chi connectivity index (χ2n) is 2.71. The molecule has 0 N–H and O–H groups in total. The smallest absolute Gasteiger partial charge is 0.228 e. The zero-order valence-electron chi connectivity index (χ0n) is 7.49. The van der Waals surface area contributed by atoms with E-state index in [1.54, 1.807) is 23.3 Å². The molecule has 3 heteroatoms. The molecule has 0 unspecified atom stereocenters. The van der Waals surface area contributed by atoms with Crippen molar-refractivity contribution in [3.63, 3.8) is 0 Å². The number of likely N-dealkylation sites (N-methyl/N-ethyl adjacent to an activating group) is 1. The Hall–Kier alpha value is -1.27. The van der Waals surface area contributed by atoms with Gasteiger partial charge in [-0.3, -0.25) is 4.79 Å². The van der Waals surface area contributed by atoms with Gasteiger partial charge in [0.1, 0.15) is 0 Å². The number of rotatable bonds is 3. The molecule has 0 atom stereocenters. The average molecular weight is 193 g/mol. The van der Waals surface area contributed by atoms with Gasteiger partial charge >= 0.3 is 0 Å². The van der Waals surface area contributed by atoms with E-state index in [4.69, 9.17) is 6.42 Å². The maximum absolute atomic E-state index is 11.4. The van der Waals surface area contributed by atoms with Crippen LogP contribution in [-0.4, -0.2) is 24.4 Å². The van der Waals surface area contributed by atoms with Gasteiger partial charge in [0.2, 0.25) is 5.91 Å². The van der Waals surface area contributed by atoms with Crippen molar-refractivity contribution in [2.75, 3.05) is 13.6 Å². The summed E-state index contributed by atoms with van der Waals surface area (Å²) >= 11 is 1.59. The molecule has 0 bridgehead atoms. The van der Waals surface area contributed by atoms with Crippen molar-refractivity contribution >= 4 is 17.2 Å². The van der Waals surface area contributed by atoms with Gasteiger partial charge in [-0.15, -0.1) is 17.8 Å². The Labute approximate surface area is 82.2 Å². The Morgan fingerprint density at radius 1 is 1.77 bits per heavy atom. The van der Waals surface area contributed by atoms with E-state index in [2.05, 4.69) is 5.92 Å². The topological polar surface area (TPSA) is 20.3 Å². The van der Waals surface area contributed by atoms with Crippen LogP contribution in [0.1, 0.15) is 4.88 Å². The summed E-state index contributed by atoms with van der Waals surface area (Å²) in [4.78, 5) is 14.1. The molecule has 0 saturated heterocycles. The molecular weight excluding hydrogens is 182 g/mol. The second-order valence-corrected chi connectivity index (χ2v) is 3.74. The maximum Gasteiger partial charge on any atom is 0.228 e. The fourth-order valence-electron chi connectivity index (χ4n) is 0.922.